The molecule has 0 radical (unpaired) electrons. The Labute approximate surface area is 184 Å². The van der Waals surface area contributed by atoms with Crippen LogP contribution in [-0.4, -0.2) is 67.4 Å². The summed E-state index contributed by atoms with van der Waals surface area (Å²) in [6, 6.07) is 0. The van der Waals surface area contributed by atoms with Crippen molar-refractivity contribution < 1.29 is 43.2 Å². The summed E-state index contributed by atoms with van der Waals surface area (Å²) in [6.07, 6.45) is -6.13. The van der Waals surface area contributed by atoms with Gasteiger partial charge < -0.3 is 28.8 Å². The molecule has 0 aliphatic carbocycles. The van der Waals surface area contributed by atoms with Crippen LogP contribution in [0, 0.1) is 16.2 Å². The third-order valence-electron chi connectivity index (χ3n) is 4.55. The van der Waals surface area contributed by atoms with Gasteiger partial charge in [0.1, 0.15) is 18.8 Å². The van der Waals surface area contributed by atoms with Gasteiger partial charge in [0, 0.05) is 7.11 Å². The van der Waals surface area contributed by atoms with Crippen LogP contribution in [0.5, 0.6) is 0 Å². The van der Waals surface area contributed by atoms with Crippen molar-refractivity contribution >= 4 is 17.9 Å². The van der Waals surface area contributed by atoms with Gasteiger partial charge in [-0.05, 0) is 62.3 Å². The summed E-state index contributed by atoms with van der Waals surface area (Å²) in [6.45, 7) is 14.8. The molecule has 0 amide bonds. The third kappa shape index (κ3) is 7.43. The molecule has 9 nitrogen and oxygen atoms in total. The van der Waals surface area contributed by atoms with E-state index in [2.05, 4.69) is 0 Å². The normalized spacial score (nSPS) is 27.4. The molecular formula is C22H38O9. The number of aliphatic hydroxyl groups excluding tert-OH is 1. The first-order valence-corrected chi connectivity index (χ1v) is 10.3. The van der Waals surface area contributed by atoms with E-state index < -0.39 is 64.9 Å². The van der Waals surface area contributed by atoms with E-state index in [0.717, 1.165) is 0 Å². The minimum absolute atomic E-state index is 0.283. The lowest BCUT2D eigenvalue weighted by atomic mass is 9.93. The van der Waals surface area contributed by atoms with Crippen molar-refractivity contribution in [2.45, 2.75) is 93.0 Å². The quantitative estimate of drug-likeness (QED) is 0.501. The topological polar surface area (TPSA) is 118 Å². The van der Waals surface area contributed by atoms with Crippen LogP contribution in [0.1, 0.15) is 62.3 Å². The molecule has 1 rings (SSSR count). The molecule has 0 aromatic rings. The second-order valence-electron chi connectivity index (χ2n) is 10.9. The van der Waals surface area contributed by atoms with Gasteiger partial charge in [-0.2, -0.15) is 0 Å². The maximum Gasteiger partial charge on any atom is 0.311 e. The highest BCUT2D eigenvalue weighted by atomic mass is 16.7. The number of carbonyl (C=O) groups is 3. The van der Waals surface area contributed by atoms with Crippen LogP contribution >= 0.6 is 0 Å². The Kier molecular flexibility index (Phi) is 8.67. The summed E-state index contributed by atoms with van der Waals surface area (Å²) in [5, 5.41) is 10.7. The lowest BCUT2D eigenvalue weighted by Crippen LogP contribution is -2.62. The van der Waals surface area contributed by atoms with Crippen molar-refractivity contribution in [3.8, 4) is 0 Å². The lowest BCUT2D eigenvalue weighted by Gasteiger charge is -2.44. The van der Waals surface area contributed by atoms with Crippen LogP contribution in [-0.2, 0) is 38.1 Å². The fourth-order valence-corrected chi connectivity index (χ4v) is 2.47. The molecule has 1 fully saturated rings. The van der Waals surface area contributed by atoms with Crippen LogP contribution in [0.4, 0.5) is 0 Å². The summed E-state index contributed by atoms with van der Waals surface area (Å²) in [5.74, 6) is -1.68. The Morgan fingerprint density at radius 3 is 1.58 bits per heavy atom. The van der Waals surface area contributed by atoms with E-state index in [0.29, 0.717) is 0 Å². The Bertz CT molecular complexity index is 651. The van der Waals surface area contributed by atoms with Crippen molar-refractivity contribution in [3.63, 3.8) is 0 Å². The highest BCUT2D eigenvalue weighted by molar-refractivity contribution is 5.77. The van der Waals surface area contributed by atoms with Crippen LogP contribution < -0.4 is 0 Å². The van der Waals surface area contributed by atoms with Gasteiger partial charge in [-0.3, -0.25) is 14.4 Å². The van der Waals surface area contributed by atoms with E-state index in [1.54, 1.807) is 62.3 Å². The second kappa shape index (κ2) is 9.83. The van der Waals surface area contributed by atoms with E-state index in [4.69, 9.17) is 23.7 Å². The van der Waals surface area contributed by atoms with Crippen LogP contribution in [0.15, 0.2) is 0 Å². The molecule has 1 saturated heterocycles. The van der Waals surface area contributed by atoms with E-state index in [1.807, 2.05) is 0 Å². The molecule has 180 valence electrons. The van der Waals surface area contributed by atoms with Crippen LogP contribution in [0.3, 0.4) is 0 Å². The van der Waals surface area contributed by atoms with Crippen molar-refractivity contribution in [1.29, 1.82) is 0 Å². The summed E-state index contributed by atoms with van der Waals surface area (Å²) < 4.78 is 27.4. The number of hydrogen-bond donors (Lipinski definition) is 1. The van der Waals surface area contributed by atoms with Crippen LogP contribution in [0.2, 0.25) is 0 Å². The summed E-state index contributed by atoms with van der Waals surface area (Å²) >= 11 is 0. The van der Waals surface area contributed by atoms with Gasteiger partial charge in [0.2, 0.25) is 0 Å². The standard InChI is InChI=1S/C22H38O9/c1-20(2,3)17(24)28-11-12-14(30-18(25)21(4,5)6)15(13(23)16(27-10)29-12)31-19(26)22(7,8)9/h12-16,23H,11H2,1-10H3/t12-,13-,14-,15-,16-/m1/s1. The second-order valence-corrected chi connectivity index (χ2v) is 10.9. The highest BCUT2D eigenvalue weighted by Crippen LogP contribution is 2.31. The molecule has 1 aliphatic rings. The van der Waals surface area contributed by atoms with Crippen molar-refractivity contribution in [3.05, 3.63) is 0 Å². The predicted molar refractivity (Wildman–Crippen MR) is 111 cm³/mol. The molecule has 0 spiro atoms. The van der Waals surface area contributed by atoms with Gasteiger partial charge in [0.25, 0.3) is 0 Å². The van der Waals surface area contributed by atoms with Gasteiger partial charge >= 0.3 is 17.9 Å². The summed E-state index contributed by atoms with van der Waals surface area (Å²) in [7, 11) is 1.32. The summed E-state index contributed by atoms with van der Waals surface area (Å²) in [4.78, 5) is 37.4. The molecule has 0 aromatic heterocycles. The Hall–Kier alpha value is -1.71. The molecule has 1 heterocycles. The fraction of sp³-hybridized carbons (Fsp3) is 0.864. The molecule has 5 atom stereocenters. The first kappa shape index (κ1) is 27.3. The monoisotopic (exact) mass is 446 g/mol. The average molecular weight is 447 g/mol. The largest absolute Gasteiger partial charge is 0.462 e. The molecule has 0 bridgehead atoms. The lowest BCUT2D eigenvalue weighted by molar-refractivity contribution is -0.302. The number of aliphatic hydroxyl groups is 1. The number of ether oxygens (including phenoxy) is 5. The van der Waals surface area contributed by atoms with Gasteiger partial charge in [-0.15, -0.1) is 0 Å². The molecule has 9 heteroatoms. The zero-order valence-corrected chi connectivity index (χ0v) is 20.3. The molecule has 31 heavy (non-hydrogen) atoms. The first-order chi connectivity index (χ1) is 13.9. The van der Waals surface area contributed by atoms with E-state index in [1.165, 1.54) is 7.11 Å². The Morgan fingerprint density at radius 1 is 0.774 bits per heavy atom. The number of hydrogen-bond acceptors (Lipinski definition) is 9. The third-order valence-corrected chi connectivity index (χ3v) is 4.55. The van der Waals surface area contributed by atoms with Gasteiger partial charge in [-0.25, -0.2) is 0 Å². The minimum Gasteiger partial charge on any atom is -0.462 e. The van der Waals surface area contributed by atoms with Crippen LogP contribution in [0.25, 0.3) is 0 Å². The molecule has 1 N–H and O–H groups in total. The number of rotatable bonds is 5. The molecule has 0 saturated carbocycles. The number of methoxy groups -OCH3 is 1. The fourth-order valence-electron chi connectivity index (χ4n) is 2.47. The zero-order chi connectivity index (χ0) is 24.4. The Balaban J connectivity index is 3.27. The van der Waals surface area contributed by atoms with Gasteiger partial charge in [0.15, 0.2) is 18.5 Å². The smallest absolute Gasteiger partial charge is 0.311 e. The van der Waals surface area contributed by atoms with E-state index >= 15 is 0 Å². The zero-order valence-electron chi connectivity index (χ0n) is 20.3. The maximum atomic E-state index is 12.6. The van der Waals surface area contributed by atoms with Crippen molar-refractivity contribution in [2.75, 3.05) is 13.7 Å². The first-order valence-electron chi connectivity index (χ1n) is 10.3. The molecular weight excluding hydrogens is 408 g/mol. The summed E-state index contributed by atoms with van der Waals surface area (Å²) in [5.41, 5.74) is -2.49. The number of carbonyl (C=O) groups excluding carboxylic acids is 3. The van der Waals surface area contributed by atoms with Crippen molar-refractivity contribution in [2.24, 2.45) is 16.2 Å². The SMILES string of the molecule is CO[C@@H]1O[C@H](COC(=O)C(C)(C)C)[C@@H](OC(=O)C(C)(C)C)[C@H](OC(=O)C(C)(C)C)[C@H]1O. The highest BCUT2D eigenvalue weighted by Gasteiger charge is 2.52. The molecule has 0 aromatic carbocycles. The van der Waals surface area contributed by atoms with E-state index in [-0.39, 0.29) is 6.61 Å². The van der Waals surface area contributed by atoms with Crippen molar-refractivity contribution in [1.82, 2.24) is 0 Å². The molecule has 0 unspecified atom stereocenters. The predicted octanol–water partition coefficient (Wildman–Crippen LogP) is 2.22. The van der Waals surface area contributed by atoms with Gasteiger partial charge in [-0.1, -0.05) is 0 Å². The minimum atomic E-state index is -1.43. The number of esters is 3. The Morgan fingerprint density at radius 2 is 1.19 bits per heavy atom. The average Bonchev–Trinajstić information content (AvgIpc) is 2.60. The van der Waals surface area contributed by atoms with Gasteiger partial charge in [0.05, 0.1) is 16.2 Å². The van der Waals surface area contributed by atoms with E-state index in [9.17, 15) is 19.5 Å². The molecule has 1 aliphatic heterocycles. The maximum absolute atomic E-state index is 12.6.